The first kappa shape index (κ1) is 20.9. The second kappa shape index (κ2) is 8.88. The van der Waals surface area contributed by atoms with Gasteiger partial charge < -0.3 is 14.6 Å². The number of nitrogens with one attached hydrogen (secondary N) is 1. The van der Waals surface area contributed by atoms with Crippen molar-refractivity contribution < 1.29 is 9.21 Å². The van der Waals surface area contributed by atoms with Crippen LogP contribution in [0, 0.1) is 0 Å². The Hall–Kier alpha value is -2.97. The topological polar surface area (TPSA) is 76.2 Å². The molecular formula is C24H27N5O2S. The van der Waals surface area contributed by atoms with Crippen molar-refractivity contribution in [1.82, 2.24) is 25.0 Å². The summed E-state index contributed by atoms with van der Waals surface area (Å²) >= 11 is 1.73. The quantitative estimate of drug-likeness (QED) is 0.461. The Morgan fingerprint density at radius 3 is 3.00 bits per heavy atom. The van der Waals surface area contributed by atoms with Gasteiger partial charge in [0.05, 0.1) is 22.7 Å². The summed E-state index contributed by atoms with van der Waals surface area (Å²) in [5.74, 6) is -0.0403. The molecule has 1 unspecified atom stereocenters. The predicted molar refractivity (Wildman–Crippen MR) is 125 cm³/mol. The third kappa shape index (κ3) is 4.08. The van der Waals surface area contributed by atoms with E-state index in [-0.39, 0.29) is 5.91 Å². The molecule has 7 nitrogen and oxygen atoms in total. The van der Waals surface area contributed by atoms with Crippen molar-refractivity contribution in [3.8, 4) is 0 Å². The van der Waals surface area contributed by atoms with Crippen molar-refractivity contribution in [3.05, 3.63) is 70.4 Å². The van der Waals surface area contributed by atoms with E-state index in [2.05, 4.69) is 24.4 Å². The van der Waals surface area contributed by atoms with Crippen molar-refractivity contribution in [2.24, 2.45) is 0 Å². The van der Waals surface area contributed by atoms with Gasteiger partial charge in [0, 0.05) is 49.5 Å². The van der Waals surface area contributed by atoms with Gasteiger partial charge in [0.2, 0.25) is 0 Å². The zero-order valence-corrected chi connectivity index (χ0v) is 19.2. The average Bonchev–Trinajstić information content (AvgIpc) is 3.54. The zero-order chi connectivity index (χ0) is 22.1. The number of hydrogen-bond donors (Lipinski definition) is 1. The zero-order valence-electron chi connectivity index (χ0n) is 18.4. The van der Waals surface area contributed by atoms with E-state index >= 15 is 0 Å². The Kier molecular flexibility index (Phi) is 5.80. The highest BCUT2D eigenvalue weighted by atomic mass is 32.1. The Labute approximate surface area is 191 Å². The fourth-order valence-corrected chi connectivity index (χ4v) is 5.35. The highest BCUT2D eigenvalue weighted by molar-refractivity contribution is 7.18. The number of carbonyl (C=O) groups is 1. The highest BCUT2D eigenvalue weighted by Gasteiger charge is 2.30. The number of rotatable bonds is 7. The largest absolute Gasteiger partial charge is 0.472 e. The molecule has 0 bridgehead atoms. The average molecular weight is 450 g/mol. The molecule has 0 saturated carbocycles. The SMILES string of the molecule is CCn1nc(C(=O)N(C)Cc2ccoc2)c2c1CCC(NCc1nc3ccccc3s1)C2. The molecule has 0 spiro atoms. The number of nitrogens with zero attached hydrogens (tertiary/aromatic N) is 4. The fraction of sp³-hybridized carbons (Fsp3) is 0.375. The third-order valence-electron chi connectivity index (χ3n) is 6.08. The second-order valence-electron chi connectivity index (χ2n) is 8.28. The maximum Gasteiger partial charge on any atom is 0.274 e. The van der Waals surface area contributed by atoms with Crippen LogP contribution in [-0.4, -0.2) is 38.7 Å². The van der Waals surface area contributed by atoms with Crippen LogP contribution in [0.1, 0.15) is 45.7 Å². The lowest BCUT2D eigenvalue weighted by atomic mass is 9.91. The molecule has 1 atom stereocenters. The Balaban J connectivity index is 1.31. The van der Waals surface area contributed by atoms with Crippen LogP contribution < -0.4 is 5.32 Å². The third-order valence-corrected chi connectivity index (χ3v) is 7.11. The highest BCUT2D eigenvalue weighted by Crippen LogP contribution is 2.27. The first-order valence-electron chi connectivity index (χ1n) is 11.0. The van der Waals surface area contributed by atoms with Gasteiger partial charge in [-0.05, 0) is 44.4 Å². The van der Waals surface area contributed by atoms with Crippen molar-refractivity contribution in [2.75, 3.05) is 7.05 Å². The van der Waals surface area contributed by atoms with Gasteiger partial charge in [0.25, 0.3) is 5.91 Å². The van der Waals surface area contributed by atoms with Crippen LogP contribution in [0.3, 0.4) is 0 Å². The van der Waals surface area contributed by atoms with Crippen LogP contribution in [0.15, 0.2) is 47.3 Å². The molecule has 3 aromatic heterocycles. The maximum atomic E-state index is 13.2. The number of amides is 1. The molecule has 0 fully saturated rings. The number of para-hydroxylation sites is 1. The van der Waals surface area contributed by atoms with Gasteiger partial charge in [0.1, 0.15) is 5.01 Å². The van der Waals surface area contributed by atoms with E-state index in [1.165, 1.54) is 10.4 Å². The van der Waals surface area contributed by atoms with E-state index in [9.17, 15) is 4.79 Å². The molecular weight excluding hydrogens is 422 g/mol. The Morgan fingerprint density at radius 1 is 1.34 bits per heavy atom. The molecule has 1 aliphatic rings. The summed E-state index contributed by atoms with van der Waals surface area (Å²) in [6.45, 7) is 4.09. The number of furan rings is 1. The molecule has 8 heteroatoms. The number of hydrogen-bond acceptors (Lipinski definition) is 6. The van der Waals surface area contributed by atoms with Crippen molar-refractivity contribution >= 4 is 27.5 Å². The summed E-state index contributed by atoms with van der Waals surface area (Å²) in [5.41, 5.74) is 4.90. The van der Waals surface area contributed by atoms with Crippen LogP contribution >= 0.6 is 11.3 Å². The van der Waals surface area contributed by atoms with Crippen LogP contribution in [0.25, 0.3) is 10.2 Å². The van der Waals surface area contributed by atoms with Crippen LogP contribution in [-0.2, 0) is 32.5 Å². The minimum absolute atomic E-state index is 0.0403. The standard InChI is InChI=1S/C24H27N5O2S/c1-3-29-20-9-8-17(25-13-22-26-19-6-4-5-7-21(19)32-22)12-18(20)23(27-29)24(30)28(2)14-16-10-11-31-15-16/h4-7,10-11,15,17,25H,3,8-9,12-14H2,1-2H3. The molecule has 5 rings (SSSR count). The molecule has 1 aromatic carbocycles. The van der Waals surface area contributed by atoms with Gasteiger partial charge in [-0.1, -0.05) is 12.1 Å². The molecule has 0 radical (unpaired) electrons. The van der Waals surface area contributed by atoms with Crippen molar-refractivity contribution in [3.63, 3.8) is 0 Å². The Bertz CT molecular complexity index is 1190. The van der Waals surface area contributed by atoms with E-state index < -0.39 is 0 Å². The monoisotopic (exact) mass is 449 g/mol. The number of aryl methyl sites for hydroxylation is 1. The predicted octanol–water partition coefficient (Wildman–Crippen LogP) is 4.03. The normalized spacial score (nSPS) is 15.8. The first-order chi connectivity index (χ1) is 15.6. The number of thiazole rings is 1. The molecule has 1 N–H and O–H groups in total. The van der Waals surface area contributed by atoms with E-state index in [0.717, 1.165) is 54.0 Å². The number of fused-ring (bicyclic) bond motifs is 2. The fourth-order valence-electron chi connectivity index (χ4n) is 4.43. The number of carbonyl (C=O) groups excluding carboxylic acids is 1. The van der Waals surface area contributed by atoms with Gasteiger partial charge >= 0.3 is 0 Å². The van der Waals surface area contributed by atoms with Gasteiger partial charge in [-0.25, -0.2) is 4.98 Å². The minimum atomic E-state index is -0.0403. The van der Waals surface area contributed by atoms with E-state index in [0.29, 0.717) is 18.3 Å². The van der Waals surface area contributed by atoms with Crippen molar-refractivity contribution in [1.29, 1.82) is 0 Å². The second-order valence-corrected chi connectivity index (χ2v) is 9.39. The number of benzene rings is 1. The van der Waals surface area contributed by atoms with Gasteiger partial charge in [0.15, 0.2) is 5.69 Å². The lowest BCUT2D eigenvalue weighted by molar-refractivity contribution is 0.0777. The maximum absolute atomic E-state index is 13.2. The van der Waals surface area contributed by atoms with Crippen LogP contribution in [0.4, 0.5) is 0 Å². The van der Waals surface area contributed by atoms with Crippen LogP contribution in [0.2, 0.25) is 0 Å². The molecule has 4 aromatic rings. The van der Waals surface area contributed by atoms with E-state index in [1.54, 1.807) is 28.8 Å². The van der Waals surface area contributed by atoms with Crippen LogP contribution in [0.5, 0.6) is 0 Å². The summed E-state index contributed by atoms with van der Waals surface area (Å²) in [6.07, 6.45) is 6.06. The summed E-state index contributed by atoms with van der Waals surface area (Å²) < 4.78 is 8.35. The van der Waals surface area contributed by atoms with Gasteiger partial charge in [-0.2, -0.15) is 5.10 Å². The first-order valence-corrected chi connectivity index (χ1v) is 11.9. The molecule has 0 saturated heterocycles. The molecule has 1 amide bonds. The van der Waals surface area contributed by atoms with E-state index in [4.69, 9.17) is 14.5 Å². The van der Waals surface area contributed by atoms with Gasteiger partial charge in [-0.3, -0.25) is 9.48 Å². The molecule has 32 heavy (non-hydrogen) atoms. The summed E-state index contributed by atoms with van der Waals surface area (Å²) in [7, 11) is 1.82. The van der Waals surface area contributed by atoms with E-state index in [1.807, 2.05) is 29.9 Å². The molecule has 0 aliphatic heterocycles. The molecule has 1 aliphatic carbocycles. The number of aromatic nitrogens is 3. The van der Waals surface area contributed by atoms with Gasteiger partial charge in [-0.15, -0.1) is 11.3 Å². The minimum Gasteiger partial charge on any atom is -0.472 e. The molecule has 166 valence electrons. The molecule has 3 heterocycles. The summed E-state index contributed by atoms with van der Waals surface area (Å²) in [6, 6.07) is 10.4. The van der Waals surface area contributed by atoms with Crippen molar-refractivity contribution in [2.45, 2.75) is 51.9 Å². The summed E-state index contributed by atoms with van der Waals surface area (Å²) in [5, 5.41) is 9.47. The summed E-state index contributed by atoms with van der Waals surface area (Å²) in [4.78, 5) is 19.7. The lowest BCUT2D eigenvalue weighted by Gasteiger charge is -2.24. The Morgan fingerprint density at radius 2 is 2.22 bits per heavy atom. The lowest BCUT2D eigenvalue weighted by Crippen LogP contribution is -2.35. The smallest absolute Gasteiger partial charge is 0.274 e.